The van der Waals surface area contributed by atoms with Crippen molar-refractivity contribution in [3.63, 3.8) is 0 Å². The number of rotatable bonds is 5. The van der Waals surface area contributed by atoms with Crippen molar-refractivity contribution < 1.29 is 35.9 Å². The molecule has 0 saturated heterocycles. The van der Waals surface area contributed by atoms with Crippen molar-refractivity contribution >= 4 is 5.91 Å². The molecule has 1 amide bonds. The van der Waals surface area contributed by atoms with Gasteiger partial charge in [-0.1, -0.05) is 6.07 Å². The number of carbonyl (C=O) groups is 1. The van der Waals surface area contributed by atoms with Gasteiger partial charge < -0.3 is 10.1 Å². The summed E-state index contributed by atoms with van der Waals surface area (Å²) in [4.78, 5) is 15.6. The van der Waals surface area contributed by atoms with E-state index in [1.54, 1.807) is 0 Å². The molecule has 0 unspecified atom stereocenters. The lowest BCUT2D eigenvalue weighted by Crippen LogP contribution is -2.24. The van der Waals surface area contributed by atoms with Gasteiger partial charge in [0.05, 0.1) is 5.56 Å². The molecule has 1 N–H and O–H groups in total. The molecule has 26 heavy (non-hydrogen) atoms. The Bertz CT molecular complexity index is 757. The lowest BCUT2D eigenvalue weighted by molar-refractivity contribution is -0.154. The van der Waals surface area contributed by atoms with Crippen molar-refractivity contribution in [3.8, 4) is 5.88 Å². The maximum atomic E-state index is 12.5. The minimum Gasteiger partial charge on any atom is -0.468 e. The van der Waals surface area contributed by atoms with E-state index in [4.69, 9.17) is 0 Å². The van der Waals surface area contributed by atoms with E-state index < -0.39 is 30.4 Å². The molecule has 1 aromatic heterocycles. The smallest absolute Gasteiger partial charge is 0.422 e. The fraction of sp³-hybridized carbons (Fsp3) is 0.250. The highest BCUT2D eigenvalue weighted by Gasteiger charge is 2.30. The predicted molar refractivity (Wildman–Crippen MR) is 78.4 cm³/mol. The van der Waals surface area contributed by atoms with Gasteiger partial charge >= 0.3 is 12.4 Å². The molecule has 1 heterocycles. The molecule has 0 bridgehead atoms. The summed E-state index contributed by atoms with van der Waals surface area (Å²) >= 11 is 0. The molecule has 0 aliphatic heterocycles. The van der Waals surface area contributed by atoms with E-state index in [9.17, 15) is 31.1 Å². The van der Waals surface area contributed by atoms with E-state index in [2.05, 4.69) is 15.0 Å². The summed E-state index contributed by atoms with van der Waals surface area (Å²) in [5.41, 5.74) is -0.735. The minimum atomic E-state index is -4.54. The molecule has 10 heteroatoms. The maximum absolute atomic E-state index is 12.5. The molecule has 0 fully saturated rings. The van der Waals surface area contributed by atoms with Gasteiger partial charge in [-0.2, -0.15) is 26.3 Å². The van der Waals surface area contributed by atoms with E-state index in [1.807, 2.05) is 0 Å². The summed E-state index contributed by atoms with van der Waals surface area (Å²) < 4.78 is 78.7. The fourth-order valence-electron chi connectivity index (χ4n) is 1.93. The quantitative estimate of drug-likeness (QED) is 0.801. The Morgan fingerprint density at radius 2 is 1.69 bits per heavy atom. The summed E-state index contributed by atoms with van der Waals surface area (Å²) in [7, 11) is 0. The van der Waals surface area contributed by atoms with Crippen LogP contribution in [0, 0.1) is 0 Å². The van der Waals surface area contributed by atoms with E-state index in [0.29, 0.717) is 0 Å². The molecule has 0 atom stereocenters. The first-order chi connectivity index (χ1) is 12.1. The van der Waals surface area contributed by atoms with Gasteiger partial charge in [-0.3, -0.25) is 4.79 Å². The Balaban J connectivity index is 2.01. The number of ether oxygens (including phenoxy) is 1. The number of amides is 1. The number of benzene rings is 1. The van der Waals surface area contributed by atoms with Crippen LogP contribution in [-0.4, -0.2) is 23.7 Å². The van der Waals surface area contributed by atoms with Gasteiger partial charge in [0.25, 0.3) is 5.91 Å². The molecule has 0 saturated carbocycles. The molecule has 2 aromatic rings. The zero-order chi connectivity index (χ0) is 19.4. The maximum Gasteiger partial charge on any atom is 0.422 e. The highest BCUT2D eigenvalue weighted by atomic mass is 19.4. The molecule has 2 rings (SSSR count). The molecular weight excluding hydrogens is 366 g/mol. The second-order valence-corrected chi connectivity index (χ2v) is 5.13. The topological polar surface area (TPSA) is 51.2 Å². The van der Waals surface area contributed by atoms with Crippen molar-refractivity contribution in [2.24, 2.45) is 0 Å². The Labute approximate surface area is 143 Å². The zero-order valence-corrected chi connectivity index (χ0v) is 13.0. The standard InChI is InChI=1S/C16H12F6N2O2/c17-15(18,19)9-26-14-11(2-1-7-23-14)8-24-13(25)10-3-5-12(6-4-10)16(20,21)22/h1-7H,8-9H2,(H,24,25). The zero-order valence-electron chi connectivity index (χ0n) is 13.0. The number of nitrogens with zero attached hydrogens (tertiary/aromatic N) is 1. The van der Waals surface area contributed by atoms with Crippen LogP contribution in [0.2, 0.25) is 0 Å². The predicted octanol–water partition coefficient (Wildman–Crippen LogP) is 3.97. The molecule has 1 aromatic carbocycles. The summed E-state index contributed by atoms with van der Waals surface area (Å²) in [6.07, 6.45) is -7.83. The first-order valence-electron chi connectivity index (χ1n) is 7.15. The van der Waals surface area contributed by atoms with Crippen LogP contribution in [-0.2, 0) is 12.7 Å². The minimum absolute atomic E-state index is 0.0281. The average Bonchev–Trinajstić information content (AvgIpc) is 2.57. The molecule has 0 spiro atoms. The third-order valence-corrected chi connectivity index (χ3v) is 3.14. The number of alkyl halides is 6. The highest BCUT2D eigenvalue weighted by molar-refractivity contribution is 5.94. The third kappa shape index (κ3) is 5.64. The van der Waals surface area contributed by atoms with Gasteiger partial charge in [0.15, 0.2) is 6.61 Å². The molecule has 140 valence electrons. The van der Waals surface area contributed by atoms with Crippen molar-refractivity contribution in [2.75, 3.05) is 6.61 Å². The largest absolute Gasteiger partial charge is 0.468 e. The number of aromatic nitrogens is 1. The number of hydrogen-bond donors (Lipinski definition) is 1. The van der Waals surface area contributed by atoms with Crippen molar-refractivity contribution in [2.45, 2.75) is 18.9 Å². The summed E-state index contributed by atoms with van der Waals surface area (Å²) in [5.74, 6) is -0.984. The van der Waals surface area contributed by atoms with E-state index in [1.165, 1.54) is 18.3 Å². The van der Waals surface area contributed by atoms with Crippen molar-refractivity contribution in [3.05, 3.63) is 59.3 Å². The van der Waals surface area contributed by atoms with E-state index >= 15 is 0 Å². The second-order valence-electron chi connectivity index (χ2n) is 5.13. The van der Waals surface area contributed by atoms with Gasteiger partial charge in [0.1, 0.15) is 0 Å². The average molecular weight is 378 g/mol. The Morgan fingerprint density at radius 3 is 2.27 bits per heavy atom. The SMILES string of the molecule is O=C(NCc1cccnc1OCC(F)(F)F)c1ccc(C(F)(F)F)cc1. The second kappa shape index (κ2) is 7.63. The van der Waals surface area contributed by atoms with Crippen molar-refractivity contribution in [1.82, 2.24) is 10.3 Å². The van der Waals surface area contributed by atoms with Crippen LogP contribution >= 0.6 is 0 Å². The van der Waals surface area contributed by atoms with Gasteiger partial charge in [0, 0.05) is 23.9 Å². The molecule has 0 aliphatic carbocycles. The normalized spacial score (nSPS) is 11.9. The van der Waals surface area contributed by atoms with Crippen LogP contribution < -0.4 is 10.1 Å². The number of pyridine rings is 1. The number of nitrogens with one attached hydrogen (secondary N) is 1. The fourth-order valence-corrected chi connectivity index (χ4v) is 1.93. The number of hydrogen-bond acceptors (Lipinski definition) is 3. The summed E-state index contributed by atoms with van der Waals surface area (Å²) in [5, 5.41) is 2.39. The van der Waals surface area contributed by atoms with Crippen LogP contribution in [0.3, 0.4) is 0 Å². The highest BCUT2D eigenvalue weighted by Crippen LogP contribution is 2.29. The van der Waals surface area contributed by atoms with Crippen LogP contribution in [0.4, 0.5) is 26.3 Å². The Morgan fingerprint density at radius 1 is 1.04 bits per heavy atom. The number of carbonyl (C=O) groups excluding carboxylic acids is 1. The van der Waals surface area contributed by atoms with Gasteiger partial charge in [0.2, 0.25) is 5.88 Å². The van der Waals surface area contributed by atoms with Gasteiger partial charge in [-0.05, 0) is 30.3 Å². The first kappa shape index (κ1) is 19.5. The van der Waals surface area contributed by atoms with Gasteiger partial charge in [-0.25, -0.2) is 4.98 Å². The van der Waals surface area contributed by atoms with Crippen LogP contribution in [0.25, 0.3) is 0 Å². The lowest BCUT2D eigenvalue weighted by Gasteiger charge is -2.12. The number of halogens is 6. The van der Waals surface area contributed by atoms with Crippen molar-refractivity contribution in [1.29, 1.82) is 0 Å². The Hall–Kier alpha value is -2.78. The molecular formula is C16H12F6N2O2. The lowest BCUT2D eigenvalue weighted by atomic mass is 10.1. The van der Waals surface area contributed by atoms with E-state index in [-0.39, 0.29) is 23.6 Å². The third-order valence-electron chi connectivity index (χ3n) is 3.14. The molecule has 4 nitrogen and oxygen atoms in total. The van der Waals surface area contributed by atoms with Crippen LogP contribution in [0.1, 0.15) is 21.5 Å². The summed E-state index contributed by atoms with van der Waals surface area (Å²) in [6.45, 7) is -1.75. The Kier molecular flexibility index (Phi) is 5.73. The molecule has 0 aliphatic rings. The van der Waals surface area contributed by atoms with E-state index in [0.717, 1.165) is 24.3 Å². The molecule has 0 radical (unpaired) electrons. The summed E-state index contributed by atoms with van der Waals surface area (Å²) in [6, 6.07) is 6.38. The van der Waals surface area contributed by atoms with Crippen LogP contribution in [0.15, 0.2) is 42.6 Å². The van der Waals surface area contributed by atoms with Crippen LogP contribution in [0.5, 0.6) is 5.88 Å². The monoisotopic (exact) mass is 378 g/mol. The first-order valence-corrected chi connectivity index (χ1v) is 7.15. The van der Waals surface area contributed by atoms with Gasteiger partial charge in [-0.15, -0.1) is 0 Å².